The highest BCUT2D eigenvalue weighted by atomic mass is 16.5. The lowest BCUT2D eigenvalue weighted by atomic mass is 10.0. The molecule has 27 heavy (non-hydrogen) atoms. The zero-order valence-corrected chi connectivity index (χ0v) is 16.1. The first-order chi connectivity index (χ1) is 13.0. The third kappa shape index (κ3) is 4.30. The van der Waals surface area contributed by atoms with Crippen LogP contribution >= 0.6 is 0 Å². The number of aryl methyl sites for hydroxylation is 2. The maximum absolute atomic E-state index is 12.7. The van der Waals surface area contributed by atoms with Crippen LogP contribution in [0.2, 0.25) is 0 Å². The van der Waals surface area contributed by atoms with E-state index in [9.17, 15) is 9.59 Å². The first-order valence-electron chi connectivity index (χ1n) is 9.28. The summed E-state index contributed by atoms with van der Waals surface area (Å²) in [7, 11) is 1.64. The van der Waals surface area contributed by atoms with Crippen LogP contribution in [0.5, 0.6) is 5.75 Å². The monoisotopic (exact) mass is 366 g/mol. The van der Waals surface area contributed by atoms with E-state index in [1.807, 2.05) is 55.1 Å². The molecule has 1 atom stereocenters. The molecular formula is C22H26N2O3. The van der Waals surface area contributed by atoms with E-state index in [2.05, 4.69) is 5.32 Å². The molecule has 1 heterocycles. The van der Waals surface area contributed by atoms with E-state index in [-0.39, 0.29) is 24.4 Å². The lowest BCUT2D eigenvalue weighted by molar-refractivity contribution is -0.131. The summed E-state index contributed by atoms with van der Waals surface area (Å²) < 4.78 is 5.20. The van der Waals surface area contributed by atoms with E-state index in [0.717, 1.165) is 41.8 Å². The molecule has 2 amide bonds. The van der Waals surface area contributed by atoms with E-state index < -0.39 is 0 Å². The maximum Gasteiger partial charge on any atom is 0.251 e. The Balaban J connectivity index is 1.62. The Kier molecular flexibility index (Phi) is 5.79. The zero-order chi connectivity index (χ0) is 19.4. The number of nitrogens with one attached hydrogen (secondary N) is 1. The maximum atomic E-state index is 12.7. The van der Waals surface area contributed by atoms with Crippen molar-refractivity contribution in [2.45, 2.75) is 32.7 Å². The van der Waals surface area contributed by atoms with Gasteiger partial charge in [-0.05, 0) is 67.6 Å². The van der Waals surface area contributed by atoms with Gasteiger partial charge in [-0.1, -0.05) is 18.2 Å². The predicted octanol–water partition coefficient (Wildman–Crippen LogP) is 3.41. The molecule has 2 aromatic carbocycles. The normalized spacial score (nSPS) is 16.3. The van der Waals surface area contributed by atoms with Crippen LogP contribution < -0.4 is 10.1 Å². The number of methoxy groups -OCH3 is 1. The minimum atomic E-state index is -0.216. The number of nitrogens with zero attached hydrogens (tertiary/aromatic N) is 1. The van der Waals surface area contributed by atoms with Gasteiger partial charge >= 0.3 is 0 Å². The number of rotatable bonds is 5. The first-order valence-corrected chi connectivity index (χ1v) is 9.28. The molecule has 1 fully saturated rings. The van der Waals surface area contributed by atoms with Gasteiger partial charge in [0, 0.05) is 12.1 Å². The van der Waals surface area contributed by atoms with Crippen LogP contribution in [-0.4, -0.2) is 36.9 Å². The Hall–Kier alpha value is -2.82. The average Bonchev–Trinajstić information content (AvgIpc) is 3.18. The second kappa shape index (κ2) is 8.25. The molecule has 0 bridgehead atoms. The van der Waals surface area contributed by atoms with Gasteiger partial charge in [0.05, 0.1) is 19.7 Å². The van der Waals surface area contributed by atoms with E-state index in [0.29, 0.717) is 5.56 Å². The highest BCUT2D eigenvalue weighted by Gasteiger charge is 2.29. The topological polar surface area (TPSA) is 58.6 Å². The molecule has 0 unspecified atom stereocenters. The van der Waals surface area contributed by atoms with Crippen LogP contribution in [0.3, 0.4) is 0 Å². The summed E-state index contributed by atoms with van der Waals surface area (Å²) in [6.45, 7) is 4.71. The van der Waals surface area contributed by atoms with Crippen molar-refractivity contribution in [2.75, 3.05) is 20.2 Å². The SMILES string of the molecule is COc1ccc([C@H]2CCCN2C(=O)CNC(=O)c2ccc(C)c(C)c2)cc1. The third-order valence-electron chi connectivity index (χ3n) is 5.24. The summed E-state index contributed by atoms with van der Waals surface area (Å²) in [6, 6.07) is 13.5. The van der Waals surface area contributed by atoms with Crippen LogP contribution in [0.1, 0.15) is 45.9 Å². The largest absolute Gasteiger partial charge is 0.497 e. The standard InChI is InChI=1S/C22H26N2O3/c1-15-6-7-18(13-16(15)2)22(26)23-14-21(25)24-12-4-5-20(24)17-8-10-19(27-3)11-9-17/h6-11,13,20H,4-5,12,14H2,1-3H3,(H,23,26)/t20-/m1/s1. The lowest BCUT2D eigenvalue weighted by Gasteiger charge is -2.25. The summed E-state index contributed by atoms with van der Waals surface area (Å²) >= 11 is 0. The van der Waals surface area contributed by atoms with Gasteiger partial charge in [-0.3, -0.25) is 9.59 Å². The van der Waals surface area contributed by atoms with Crippen LogP contribution in [0, 0.1) is 13.8 Å². The molecule has 1 aliphatic rings. The fourth-order valence-electron chi connectivity index (χ4n) is 3.48. The van der Waals surface area contributed by atoms with Gasteiger partial charge in [0.2, 0.25) is 5.91 Å². The molecule has 0 saturated carbocycles. The van der Waals surface area contributed by atoms with Crippen molar-refractivity contribution in [3.8, 4) is 5.75 Å². The van der Waals surface area contributed by atoms with Crippen LogP contribution in [-0.2, 0) is 4.79 Å². The van der Waals surface area contributed by atoms with Crippen LogP contribution in [0.25, 0.3) is 0 Å². The molecule has 0 radical (unpaired) electrons. The summed E-state index contributed by atoms with van der Waals surface area (Å²) in [6.07, 6.45) is 1.90. The van der Waals surface area contributed by atoms with E-state index in [1.54, 1.807) is 13.2 Å². The van der Waals surface area contributed by atoms with Crippen molar-refractivity contribution in [1.29, 1.82) is 0 Å². The number of likely N-dealkylation sites (tertiary alicyclic amines) is 1. The fraction of sp³-hybridized carbons (Fsp3) is 0.364. The Morgan fingerprint density at radius 3 is 2.52 bits per heavy atom. The van der Waals surface area contributed by atoms with Crippen molar-refractivity contribution in [1.82, 2.24) is 10.2 Å². The van der Waals surface area contributed by atoms with Crippen molar-refractivity contribution < 1.29 is 14.3 Å². The molecule has 5 nitrogen and oxygen atoms in total. The number of hydrogen-bond donors (Lipinski definition) is 1. The quantitative estimate of drug-likeness (QED) is 0.882. The highest BCUT2D eigenvalue weighted by molar-refractivity contribution is 5.96. The molecule has 5 heteroatoms. The van der Waals surface area contributed by atoms with Gasteiger partial charge in [-0.2, -0.15) is 0 Å². The van der Waals surface area contributed by atoms with Gasteiger partial charge in [0.25, 0.3) is 5.91 Å². The number of ether oxygens (including phenoxy) is 1. The molecule has 1 aliphatic heterocycles. The number of carbonyl (C=O) groups excluding carboxylic acids is 2. The Labute approximate surface area is 160 Å². The second-order valence-corrected chi connectivity index (χ2v) is 7.00. The number of hydrogen-bond acceptors (Lipinski definition) is 3. The fourth-order valence-corrected chi connectivity index (χ4v) is 3.48. The van der Waals surface area contributed by atoms with E-state index in [4.69, 9.17) is 4.74 Å². The molecule has 1 saturated heterocycles. The molecule has 2 aromatic rings. The molecule has 0 aromatic heterocycles. The van der Waals surface area contributed by atoms with Gasteiger partial charge in [0.15, 0.2) is 0 Å². The van der Waals surface area contributed by atoms with Gasteiger partial charge < -0.3 is 15.0 Å². The molecule has 0 aliphatic carbocycles. The van der Waals surface area contributed by atoms with Crippen LogP contribution in [0.4, 0.5) is 0 Å². The average molecular weight is 366 g/mol. The first kappa shape index (κ1) is 19.0. The Morgan fingerprint density at radius 2 is 1.85 bits per heavy atom. The molecule has 3 rings (SSSR count). The Morgan fingerprint density at radius 1 is 1.11 bits per heavy atom. The van der Waals surface area contributed by atoms with Crippen molar-refractivity contribution in [3.05, 3.63) is 64.7 Å². The smallest absolute Gasteiger partial charge is 0.251 e. The van der Waals surface area contributed by atoms with Crippen LogP contribution in [0.15, 0.2) is 42.5 Å². The number of carbonyl (C=O) groups is 2. The second-order valence-electron chi connectivity index (χ2n) is 7.00. The molecule has 142 valence electrons. The lowest BCUT2D eigenvalue weighted by Crippen LogP contribution is -2.39. The highest BCUT2D eigenvalue weighted by Crippen LogP contribution is 2.32. The van der Waals surface area contributed by atoms with E-state index >= 15 is 0 Å². The predicted molar refractivity (Wildman–Crippen MR) is 105 cm³/mol. The minimum absolute atomic E-state index is 0.0123. The van der Waals surface area contributed by atoms with Gasteiger partial charge in [-0.15, -0.1) is 0 Å². The summed E-state index contributed by atoms with van der Waals surface area (Å²) in [4.78, 5) is 26.9. The molecule has 0 spiro atoms. The third-order valence-corrected chi connectivity index (χ3v) is 5.24. The summed E-state index contributed by atoms with van der Waals surface area (Å²) in [5.74, 6) is 0.535. The molecular weight excluding hydrogens is 340 g/mol. The Bertz CT molecular complexity index is 830. The van der Waals surface area contributed by atoms with Gasteiger partial charge in [-0.25, -0.2) is 0 Å². The van der Waals surface area contributed by atoms with Crippen molar-refractivity contribution >= 4 is 11.8 Å². The zero-order valence-electron chi connectivity index (χ0n) is 16.1. The summed E-state index contributed by atoms with van der Waals surface area (Å²) in [5.41, 5.74) is 3.89. The van der Waals surface area contributed by atoms with Crippen molar-refractivity contribution in [3.63, 3.8) is 0 Å². The molecule has 1 N–H and O–H groups in total. The minimum Gasteiger partial charge on any atom is -0.497 e. The summed E-state index contributed by atoms with van der Waals surface area (Å²) in [5, 5.41) is 2.76. The van der Waals surface area contributed by atoms with E-state index in [1.165, 1.54) is 0 Å². The number of amides is 2. The van der Waals surface area contributed by atoms with Gasteiger partial charge in [0.1, 0.15) is 5.75 Å². The number of benzene rings is 2. The van der Waals surface area contributed by atoms with Crippen molar-refractivity contribution in [2.24, 2.45) is 0 Å².